The molecule has 2 rings (SSSR count). The van der Waals surface area contributed by atoms with Crippen LogP contribution in [0.3, 0.4) is 0 Å². The first kappa shape index (κ1) is 14.9. The molecule has 0 unspecified atom stereocenters. The first-order valence-electron chi connectivity index (χ1n) is 6.30. The monoisotopic (exact) mass is 308 g/mol. The molecule has 0 spiro atoms. The Balaban J connectivity index is 2.02. The molecule has 0 saturated heterocycles. The molecule has 0 aliphatic carbocycles. The Morgan fingerprint density at radius 3 is 2.70 bits per heavy atom. The van der Waals surface area contributed by atoms with E-state index >= 15 is 0 Å². The van der Waals surface area contributed by atoms with E-state index < -0.39 is 0 Å². The van der Waals surface area contributed by atoms with Crippen molar-refractivity contribution in [1.29, 1.82) is 0 Å². The lowest BCUT2D eigenvalue weighted by Gasteiger charge is -2.21. The number of nitrogens with one attached hydrogen (secondary N) is 1. The molecule has 0 aliphatic heterocycles. The molecular formula is C15H17ClN2OS. The fraction of sp³-hybridized carbons (Fsp3) is 0.267. The fourth-order valence-corrected chi connectivity index (χ4v) is 2.18. The van der Waals surface area contributed by atoms with Gasteiger partial charge in [0.15, 0.2) is 5.11 Å². The van der Waals surface area contributed by atoms with Crippen LogP contribution in [-0.4, -0.2) is 17.1 Å². The van der Waals surface area contributed by atoms with E-state index in [1.807, 2.05) is 56.1 Å². The molecule has 3 nitrogen and oxygen atoms in total. The molecule has 0 fully saturated rings. The van der Waals surface area contributed by atoms with Gasteiger partial charge in [0.1, 0.15) is 11.5 Å². The van der Waals surface area contributed by atoms with Gasteiger partial charge in [-0.1, -0.05) is 17.7 Å². The SMILES string of the molecule is Cc1ccc(CN(C)C(=S)Nc2cccc(Cl)c2C)o1. The van der Waals surface area contributed by atoms with E-state index in [2.05, 4.69) is 5.32 Å². The third-order valence-corrected chi connectivity index (χ3v) is 3.87. The topological polar surface area (TPSA) is 28.4 Å². The molecule has 0 saturated carbocycles. The van der Waals surface area contributed by atoms with Crippen LogP contribution in [0, 0.1) is 13.8 Å². The summed E-state index contributed by atoms with van der Waals surface area (Å²) in [6.07, 6.45) is 0. The Bertz CT molecular complexity index is 624. The summed E-state index contributed by atoms with van der Waals surface area (Å²) in [5, 5.41) is 4.56. The van der Waals surface area contributed by atoms with E-state index in [0.717, 1.165) is 27.8 Å². The third kappa shape index (κ3) is 3.52. The van der Waals surface area contributed by atoms with E-state index in [0.29, 0.717) is 11.7 Å². The van der Waals surface area contributed by atoms with Crippen LogP contribution >= 0.6 is 23.8 Å². The van der Waals surface area contributed by atoms with Gasteiger partial charge in [0.25, 0.3) is 0 Å². The average Bonchev–Trinajstić information content (AvgIpc) is 2.80. The van der Waals surface area contributed by atoms with Gasteiger partial charge in [-0.25, -0.2) is 0 Å². The van der Waals surface area contributed by atoms with Gasteiger partial charge in [-0.05, 0) is 55.9 Å². The highest BCUT2D eigenvalue weighted by Gasteiger charge is 2.10. The van der Waals surface area contributed by atoms with Gasteiger partial charge in [-0.15, -0.1) is 0 Å². The predicted molar refractivity (Wildman–Crippen MR) is 87.3 cm³/mol. The standard InChI is InChI=1S/C15H17ClN2OS/c1-10-7-8-12(19-10)9-18(3)15(20)17-14-6-4-5-13(16)11(14)2/h4-8H,9H2,1-3H3,(H,17,20). The number of hydrogen-bond acceptors (Lipinski definition) is 2. The highest BCUT2D eigenvalue weighted by Crippen LogP contribution is 2.23. The van der Waals surface area contributed by atoms with Crippen LogP contribution in [-0.2, 0) is 6.54 Å². The Kier molecular flexibility index (Phi) is 4.68. The molecule has 106 valence electrons. The predicted octanol–water partition coefficient (Wildman–Crippen LogP) is 4.38. The van der Waals surface area contributed by atoms with Crippen LogP contribution in [0.4, 0.5) is 5.69 Å². The zero-order valence-corrected chi connectivity index (χ0v) is 13.3. The number of aryl methyl sites for hydroxylation is 1. The highest BCUT2D eigenvalue weighted by atomic mass is 35.5. The van der Waals surface area contributed by atoms with E-state index in [1.54, 1.807) is 0 Å². The fourth-order valence-electron chi connectivity index (χ4n) is 1.83. The average molecular weight is 309 g/mol. The number of nitrogens with zero attached hydrogens (tertiary/aromatic N) is 1. The summed E-state index contributed by atoms with van der Waals surface area (Å²) >= 11 is 11.5. The molecule has 1 aromatic heterocycles. The maximum atomic E-state index is 6.10. The lowest BCUT2D eigenvalue weighted by molar-refractivity contribution is 0.403. The molecule has 1 heterocycles. The summed E-state index contributed by atoms with van der Waals surface area (Å²) in [7, 11) is 1.92. The zero-order chi connectivity index (χ0) is 14.7. The second-order valence-electron chi connectivity index (χ2n) is 4.71. The number of thiocarbonyl (C=S) groups is 1. The van der Waals surface area contributed by atoms with Crippen LogP contribution in [0.15, 0.2) is 34.7 Å². The molecule has 20 heavy (non-hydrogen) atoms. The van der Waals surface area contributed by atoms with Crippen molar-refractivity contribution in [3.8, 4) is 0 Å². The first-order valence-corrected chi connectivity index (χ1v) is 7.08. The second-order valence-corrected chi connectivity index (χ2v) is 5.50. The van der Waals surface area contributed by atoms with Crippen molar-refractivity contribution in [2.45, 2.75) is 20.4 Å². The minimum absolute atomic E-state index is 0.624. The summed E-state index contributed by atoms with van der Waals surface area (Å²) in [5.41, 5.74) is 1.91. The van der Waals surface area contributed by atoms with Crippen molar-refractivity contribution in [2.75, 3.05) is 12.4 Å². The molecular weight excluding hydrogens is 292 g/mol. The molecule has 2 aromatic rings. The van der Waals surface area contributed by atoms with Crippen molar-refractivity contribution in [1.82, 2.24) is 4.90 Å². The summed E-state index contributed by atoms with van der Waals surface area (Å²) in [6.45, 7) is 4.51. The van der Waals surface area contributed by atoms with Crippen molar-refractivity contribution in [2.24, 2.45) is 0 Å². The van der Waals surface area contributed by atoms with Crippen molar-refractivity contribution in [3.63, 3.8) is 0 Å². The Labute approximate surface area is 129 Å². The molecule has 0 bridgehead atoms. The van der Waals surface area contributed by atoms with Crippen molar-refractivity contribution >= 4 is 34.6 Å². The van der Waals surface area contributed by atoms with E-state index in [-0.39, 0.29) is 0 Å². The first-order chi connectivity index (χ1) is 9.47. The second kappa shape index (κ2) is 6.29. The van der Waals surface area contributed by atoms with Gasteiger partial charge >= 0.3 is 0 Å². The normalized spacial score (nSPS) is 10.4. The smallest absolute Gasteiger partial charge is 0.173 e. The Morgan fingerprint density at radius 2 is 2.05 bits per heavy atom. The van der Waals surface area contributed by atoms with Crippen LogP contribution in [0.25, 0.3) is 0 Å². The number of benzene rings is 1. The maximum absolute atomic E-state index is 6.10. The van der Waals surface area contributed by atoms with Gasteiger partial charge < -0.3 is 14.6 Å². The lowest BCUT2D eigenvalue weighted by atomic mass is 10.2. The molecule has 1 aromatic carbocycles. The van der Waals surface area contributed by atoms with Crippen molar-refractivity contribution < 1.29 is 4.42 Å². The maximum Gasteiger partial charge on any atom is 0.173 e. The van der Waals surface area contributed by atoms with Crippen LogP contribution < -0.4 is 5.32 Å². The van der Waals surface area contributed by atoms with Crippen LogP contribution in [0.1, 0.15) is 17.1 Å². The molecule has 5 heteroatoms. The largest absolute Gasteiger partial charge is 0.464 e. The van der Waals surface area contributed by atoms with Gasteiger partial charge in [-0.2, -0.15) is 0 Å². The van der Waals surface area contributed by atoms with Gasteiger partial charge in [0.05, 0.1) is 6.54 Å². The van der Waals surface area contributed by atoms with Crippen LogP contribution in [0.2, 0.25) is 5.02 Å². The number of furan rings is 1. The summed E-state index contributed by atoms with van der Waals surface area (Å²) < 4.78 is 5.55. The van der Waals surface area contributed by atoms with Crippen molar-refractivity contribution in [3.05, 3.63) is 52.4 Å². The molecule has 0 atom stereocenters. The van der Waals surface area contributed by atoms with Gasteiger partial charge in [-0.3, -0.25) is 0 Å². The lowest BCUT2D eigenvalue weighted by Crippen LogP contribution is -2.30. The molecule has 1 N–H and O–H groups in total. The number of anilines is 1. The molecule has 0 aliphatic rings. The third-order valence-electron chi connectivity index (χ3n) is 3.05. The minimum Gasteiger partial charge on any atom is -0.464 e. The van der Waals surface area contributed by atoms with Gasteiger partial charge in [0.2, 0.25) is 0 Å². The summed E-state index contributed by atoms with van der Waals surface area (Å²) in [4.78, 5) is 1.92. The quantitative estimate of drug-likeness (QED) is 0.852. The minimum atomic E-state index is 0.624. The Hall–Kier alpha value is -1.52. The zero-order valence-electron chi connectivity index (χ0n) is 11.7. The van der Waals surface area contributed by atoms with E-state index in [1.165, 1.54) is 0 Å². The number of rotatable bonds is 3. The van der Waals surface area contributed by atoms with E-state index in [9.17, 15) is 0 Å². The summed E-state index contributed by atoms with van der Waals surface area (Å²) in [6, 6.07) is 9.62. The highest BCUT2D eigenvalue weighted by molar-refractivity contribution is 7.80. The van der Waals surface area contributed by atoms with Crippen LogP contribution in [0.5, 0.6) is 0 Å². The van der Waals surface area contributed by atoms with E-state index in [4.69, 9.17) is 28.2 Å². The van der Waals surface area contributed by atoms with Gasteiger partial charge in [0, 0.05) is 17.8 Å². The molecule has 0 amide bonds. The summed E-state index contributed by atoms with van der Waals surface area (Å²) in [5.74, 6) is 1.79. The number of hydrogen-bond donors (Lipinski definition) is 1. The number of halogens is 1. The Morgan fingerprint density at radius 1 is 1.30 bits per heavy atom. The molecule has 0 radical (unpaired) electrons.